The molecule has 0 unspecified atom stereocenters. The molecule has 5 nitrogen and oxygen atoms in total. The van der Waals surface area contributed by atoms with E-state index in [-0.39, 0.29) is 17.9 Å². The number of hydrogen-bond acceptors (Lipinski definition) is 4. The molecule has 1 aromatic carbocycles. The zero-order chi connectivity index (χ0) is 19.6. The standard InChI is InChI=1S/C22H26N4O/c1-6-26(15(4)5)22(27)18-11-20(25-19-10-8-7-9-17(18)19)16-12-23-21(14(2)3)24-13-16/h7-15H,6H2,1-5H3. The molecule has 0 aliphatic heterocycles. The van der Waals surface area contributed by atoms with Gasteiger partial charge in [0.2, 0.25) is 0 Å². The van der Waals surface area contributed by atoms with E-state index in [9.17, 15) is 4.79 Å². The second-order valence-corrected chi connectivity index (χ2v) is 7.24. The SMILES string of the molecule is CCN(C(=O)c1cc(-c2cnc(C(C)C)nc2)nc2ccccc12)C(C)C. The Morgan fingerprint density at radius 1 is 1.07 bits per heavy atom. The normalized spacial score (nSPS) is 11.4. The van der Waals surface area contributed by atoms with Crippen LogP contribution in [-0.2, 0) is 0 Å². The average molecular weight is 362 g/mol. The molecular formula is C22H26N4O. The van der Waals surface area contributed by atoms with E-state index in [1.807, 2.05) is 56.0 Å². The fraction of sp³-hybridized carbons (Fsp3) is 0.364. The molecule has 0 saturated carbocycles. The second kappa shape index (κ2) is 7.82. The van der Waals surface area contributed by atoms with E-state index in [4.69, 9.17) is 4.98 Å². The first kappa shape index (κ1) is 19.0. The van der Waals surface area contributed by atoms with E-state index in [2.05, 4.69) is 23.8 Å². The number of benzene rings is 1. The number of rotatable bonds is 5. The fourth-order valence-electron chi connectivity index (χ4n) is 3.17. The van der Waals surface area contributed by atoms with Crippen LogP contribution in [0, 0.1) is 0 Å². The first-order chi connectivity index (χ1) is 12.9. The van der Waals surface area contributed by atoms with Crippen LogP contribution in [0.4, 0.5) is 0 Å². The lowest BCUT2D eigenvalue weighted by Crippen LogP contribution is -2.36. The molecule has 0 aliphatic rings. The lowest BCUT2D eigenvalue weighted by atomic mass is 10.0. The quantitative estimate of drug-likeness (QED) is 0.661. The van der Waals surface area contributed by atoms with Crippen LogP contribution < -0.4 is 0 Å². The van der Waals surface area contributed by atoms with E-state index in [0.717, 1.165) is 22.3 Å². The fourth-order valence-corrected chi connectivity index (χ4v) is 3.17. The smallest absolute Gasteiger partial charge is 0.254 e. The van der Waals surface area contributed by atoms with Gasteiger partial charge in [0.05, 0.1) is 16.8 Å². The molecule has 0 atom stereocenters. The number of amides is 1. The molecule has 3 aromatic rings. The molecule has 0 saturated heterocycles. The van der Waals surface area contributed by atoms with Crippen molar-refractivity contribution in [2.24, 2.45) is 0 Å². The van der Waals surface area contributed by atoms with E-state index < -0.39 is 0 Å². The summed E-state index contributed by atoms with van der Waals surface area (Å²) in [5, 5.41) is 0.866. The minimum absolute atomic E-state index is 0.0204. The summed E-state index contributed by atoms with van der Waals surface area (Å²) in [4.78, 5) is 28.7. The predicted molar refractivity (Wildman–Crippen MR) is 109 cm³/mol. The van der Waals surface area contributed by atoms with Gasteiger partial charge in [0.1, 0.15) is 5.82 Å². The molecule has 0 radical (unpaired) electrons. The van der Waals surface area contributed by atoms with Crippen LogP contribution in [0.3, 0.4) is 0 Å². The van der Waals surface area contributed by atoms with Gasteiger partial charge in [-0.3, -0.25) is 4.79 Å². The highest BCUT2D eigenvalue weighted by atomic mass is 16.2. The largest absolute Gasteiger partial charge is 0.336 e. The van der Waals surface area contributed by atoms with Crippen LogP contribution in [0.25, 0.3) is 22.2 Å². The number of carbonyl (C=O) groups excluding carboxylic acids is 1. The van der Waals surface area contributed by atoms with Crippen molar-refractivity contribution in [2.45, 2.75) is 46.6 Å². The Morgan fingerprint density at radius 3 is 2.33 bits per heavy atom. The molecule has 5 heteroatoms. The average Bonchev–Trinajstić information content (AvgIpc) is 2.67. The third-order valence-corrected chi connectivity index (χ3v) is 4.66. The highest BCUT2D eigenvalue weighted by Crippen LogP contribution is 2.26. The first-order valence-electron chi connectivity index (χ1n) is 9.45. The van der Waals surface area contributed by atoms with Gasteiger partial charge in [-0.15, -0.1) is 0 Å². The van der Waals surface area contributed by atoms with Crippen LogP contribution in [0.15, 0.2) is 42.7 Å². The Labute approximate surface area is 160 Å². The van der Waals surface area contributed by atoms with Crippen molar-refractivity contribution in [3.63, 3.8) is 0 Å². The minimum Gasteiger partial charge on any atom is -0.336 e. The third kappa shape index (κ3) is 3.82. The van der Waals surface area contributed by atoms with E-state index >= 15 is 0 Å². The Morgan fingerprint density at radius 2 is 1.74 bits per heavy atom. The lowest BCUT2D eigenvalue weighted by molar-refractivity contribution is 0.0719. The molecule has 27 heavy (non-hydrogen) atoms. The molecule has 2 aromatic heterocycles. The van der Waals surface area contributed by atoms with Crippen molar-refractivity contribution >= 4 is 16.8 Å². The molecule has 1 amide bonds. The summed E-state index contributed by atoms with van der Waals surface area (Å²) in [6.45, 7) is 10.8. The molecule has 0 aliphatic carbocycles. The topological polar surface area (TPSA) is 59.0 Å². The molecule has 0 fully saturated rings. The third-order valence-electron chi connectivity index (χ3n) is 4.66. The van der Waals surface area contributed by atoms with Crippen LogP contribution in [-0.4, -0.2) is 38.3 Å². The van der Waals surface area contributed by atoms with Crippen LogP contribution in [0.5, 0.6) is 0 Å². The highest BCUT2D eigenvalue weighted by Gasteiger charge is 2.21. The summed E-state index contributed by atoms with van der Waals surface area (Å²) in [6, 6.07) is 9.75. The number of pyridine rings is 1. The van der Waals surface area contributed by atoms with Crippen molar-refractivity contribution in [3.8, 4) is 11.3 Å². The van der Waals surface area contributed by atoms with Gasteiger partial charge in [-0.1, -0.05) is 32.0 Å². The van der Waals surface area contributed by atoms with Crippen LogP contribution in [0.1, 0.15) is 56.7 Å². The number of aromatic nitrogens is 3. The summed E-state index contributed by atoms with van der Waals surface area (Å²) in [7, 11) is 0. The maximum absolute atomic E-state index is 13.2. The van der Waals surface area contributed by atoms with Gasteiger partial charge >= 0.3 is 0 Å². The summed E-state index contributed by atoms with van der Waals surface area (Å²) in [5.41, 5.74) is 2.99. The molecule has 0 bridgehead atoms. The number of nitrogens with zero attached hydrogens (tertiary/aromatic N) is 4. The molecule has 0 N–H and O–H groups in total. The molecule has 0 spiro atoms. The Hall–Kier alpha value is -2.82. The first-order valence-corrected chi connectivity index (χ1v) is 9.45. The number of hydrogen-bond donors (Lipinski definition) is 0. The highest BCUT2D eigenvalue weighted by molar-refractivity contribution is 6.07. The van der Waals surface area contributed by atoms with Gasteiger partial charge in [0, 0.05) is 41.8 Å². The summed E-state index contributed by atoms with van der Waals surface area (Å²) >= 11 is 0. The van der Waals surface area contributed by atoms with Crippen molar-refractivity contribution in [3.05, 3.63) is 54.1 Å². The summed E-state index contributed by atoms with van der Waals surface area (Å²) in [5.74, 6) is 1.09. The van der Waals surface area contributed by atoms with Crippen molar-refractivity contribution < 1.29 is 4.79 Å². The van der Waals surface area contributed by atoms with Gasteiger partial charge in [-0.05, 0) is 32.9 Å². The van der Waals surface area contributed by atoms with Crippen molar-refractivity contribution in [1.82, 2.24) is 19.9 Å². The maximum Gasteiger partial charge on any atom is 0.254 e. The Balaban J connectivity index is 2.14. The van der Waals surface area contributed by atoms with Gasteiger partial charge < -0.3 is 4.90 Å². The van der Waals surface area contributed by atoms with Crippen LogP contribution in [0.2, 0.25) is 0 Å². The number of carbonyl (C=O) groups is 1. The number of para-hydroxylation sites is 1. The molecular weight excluding hydrogens is 336 g/mol. The summed E-state index contributed by atoms with van der Waals surface area (Å²) < 4.78 is 0. The maximum atomic E-state index is 13.2. The Kier molecular flexibility index (Phi) is 5.49. The van der Waals surface area contributed by atoms with E-state index in [1.54, 1.807) is 12.4 Å². The molecule has 3 rings (SSSR count). The monoisotopic (exact) mass is 362 g/mol. The van der Waals surface area contributed by atoms with Gasteiger partial charge in [0.15, 0.2) is 0 Å². The van der Waals surface area contributed by atoms with Gasteiger partial charge in [-0.25, -0.2) is 15.0 Å². The zero-order valence-electron chi connectivity index (χ0n) is 16.6. The van der Waals surface area contributed by atoms with Crippen LogP contribution >= 0.6 is 0 Å². The van der Waals surface area contributed by atoms with E-state index in [1.165, 1.54) is 0 Å². The Bertz CT molecular complexity index is 948. The summed E-state index contributed by atoms with van der Waals surface area (Å²) in [6.07, 6.45) is 3.57. The van der Waals surface area contributed by atoms with Crippen molar-refractivity contribution in [1.29, 1.82) is 0 Å². The predicted octanol–water partition coefficient (Wildman–Crippen LogP) is 4.69. The second-order valence-electron chi connectivity index (χ2n) is 7.24. The van der Waals surface area contributed by atoms with E-state index in [0.29, 0.717) is 17.8 Å². The number of fused-ring (bicyclic) bond motifs is 1. The molecule has 2 heterocycles. The van der Waals surface area contributed by atoms with Crippen molar-refractivity contribution in [2.75, 3.05) is 6.54 Å². The zero-order valence-corrected chi connectivity index (χ0v) is 16.6. The van der Waals surface area contributed by atoms with Gasteiger partial charge in [0.25, 0.3) is 5.91 Å². The lowest BCUT2D eigenvalue weighted by Gasteiger charge is -2.26. The minimum atomic E-state index is 0.0204. The molecule has 140 valence electrons. The van der Waals surface area contributed by atoms with Gasteiger partial charge in [-0.2, -0.15) is 0 Å².